The number of rotatable bonds is 6. The van der Waals surface area contributed by atoms with Gasteiger partial charge in [-0.15, -0.1) is 6.58 Å². The van der Waals surface area contributed by atoms with Crippen molar-refractivity contribution < 1.29 is 0 Å². The van der Waals surface area contributed by atoms with E-state index in [9.17, 15) is 0 Å². The smallest absolute Gasteiger partial charge is 0.0400 e. The van der Waals surface area contributed by atoms with Crippen molar-refractivity contribution in [2.24, 2.45) is 0 Å². The zero-order valence-electron chi connectivity index (χ0n) is 8.22. The van der Waals surface area contributed by atoms with E-state index in [0.29, 0.717) is 0 Å². The van der Waals surface area contributed by atoms with Crippen LogP contribution in [0.2, 0.25) is 0 Å². The third kappa shape index (κ3) is 5.96. The van der Waals surface area contributed by atoms with Crippen LogP contribution in [0.3, 0.4) is 0 Å². The Hall–Kier alpha value is -0.780. The van der Waals surface area contributed by atoms with E-state index >= 15 is 0 Å². The summed E-state index contributed by atoms with van der Waals surface area (Å²) < 4.78 is 0. The molecule has 0 saturated heterocycles. The van der Waals surface area contributed by atoms with Crippen LogP contribution in [0.5, 0.6) is 0 Å². The van der Waals surface area contributed by atoms with Gasteiger partial charge in [0.05, 0.1) is 0 Å². The molecule has 12 heavy (non-hydrogen) atoms. The molecule has 0 rings (SSSR count). The Bertz CT molecular complexity index is 151. The second kappa shape index (κ2) is 8.32. The molecular formula is C12H19. The van der Waals surface area contributed by atoms with Crippen LogP contribution < -0.4 is 0 Å². The Morgan fingerprint density at radius 3 is 2.33 bits per heavy atom. The number of hydrogen-bond acceptors (Lipinski definition) is 0. The molecule has 0 aromatic rings. The van der Waals surface area contributed by atoms with E-state index in [1.54, 1.807) is 0 Å². The van der Waals surface area contributed by atoms with Crippen molar-refractivity contribution in [2.75, 3.05) is 0 Å². The van der Waals surface area contributed by atoms with Gasteiger partial charge in [0, 0.05) is 5.92 Å². The Morgan fingerprint density at radius 2 is 1.83 bits per heavy atom. The molecule has 1 radical (unpaired) electrons. The third-order valence-corrected chi connectivity index (χ3v) is 1.55. The number of hydrogen-bond donors (Lipinski definition) is 0. The fourth-order valence-corrected chi connectivity index (χ4v) is 0.832. The van der Waals surface area contributed by atoms with Crippen LogP contribution in [-0.2, 0) is 0 Å². The minimum Gasteiger partial charge on any atom is -0.102 e. The van der Waals surface area contributed by atoms with Crippen molar-refractivity contribution in [2.45, 2.75) is 33.1 Å². The van der Waals surface area contributed by atoms with E-state index in [0.717, 1.165) is 12.8 Å². The first-order valence-electron chi connectivity index (χ1n) is 4.67. The summed E-state index contributed by atoms with van der Waals surface area (Å²) in [5, 5.41) is 0. The lowest BCUT2D eigenvalue weighted by atomic mass is 10.1. The number of unbranched alkanes of at least 4 members (excludes halogenated alkanes) is 1. The highest BCUT2D eigenvalue weighted by atomic mass is 13.9. The molecule has 0 amide bonds. The molecule has 0 heteroatoms. The minimum atomic E-state index is 1.08. The average Bonchev–Trinajstić information content (AvgIpc) is 2.11. The van der Waals surface area contributed by atoms with Crippen LogP contribution in [0.15, 0.2) is 37.0 Å². The first-order valence-corrected chi connectivity index (χ1v) is 4.67. The fraction of sp³-hybridized carbons (Fsp3) is 0.417. The van der Waals surface area contributed by atoms with Gasteiger partial charge in [-0.05, 0) is 12.8 Å². The summed E-state index contributed by atoms with van der Waals surface area (Å²) in [6, 6.07) is 0. The Labute approximate surface area is 76.7 Å². The highest BCUT2D eigenvalue weighted by Gasteiger charge is 1.90. The van der Waals surface area contributed by atoms with Crippen LogP contribution in [-0.4, -0.2) is 0 Å². The molecule has 0 aliphatic rings. The number of allylic oxidation sites excluding steroid dienone is 5. The second-order valence-corrected chi connectivity index (χ2v) is 2.71. The van der Waals surface area contributed by atoms with Crippen LogP contribution in [0.4, 0.5) is 0 Å². The Kier molecular flexibility index (Phi) is 7.78. The molecule has 0 N–H and O–H groups in total. The van der Waals surface area contributed by atoms with E-state index in [-0.39, 0.29) is 0 Å². The maximum absolute atomic E-state index is 3.75. The van der Waals surface area contributed by atoms with Gasteiger partial charge in [0.15, 0.2) is 0 Å². The molecule has 0 aromatic heterocycles. The van der Waals surface area contributed by atoms with Gasteiger partial charge < -0.3 is 0 Å². The lowest BCUT2D eigenvalue weighted by molar-refractivity contribution is 0.956. The van der Waals surface area contributed by atoms with E-state index in [1.165, 1.54) is 12.3 Å². The van der Waals surface area contributed by atoms with Crippen LogP contribution in [0, 0.1) is 5.92 Å². The largest absolute Gasteiger partial charge is 0.102 e. The first-order chi connectivity index (χ1) is 5.85. The SMILES string of the molecule is C=C[C](C=CCC)C=CCCC. The van der Waals surface area contributed by atoms with Crippen LogP contribution in [0.1, 0.15) is 33.1 Å². The van der Waals surface area contributed by atoms with Crippen molar-refractivity contribution >= 4 is 0 Å². The van der Waals surface area contributed by atoms with Crippen molar-refractivity contribution in [1.29, 1.82) is 0 Å². The predicted molar refractivity (Wildman–Crippen MR) is 56.9 cm³/mol. The molecule has 0 fully saturated rings. The van der Waals surface area contributed by atoms with E-state index < -0.39 is 0 Å². The van der Waals surface area contributed by atoms with Crippen molar-refractivity contribution in [3.63, 3.8) is 0 Å². The van der Waals surface area contributed by atoms with Gasteiger partial charge in [-0.2, -0.15) is 0 Å². The van der Waals surface area contributed by atoms with Gasteiger partial charge in [0.2, 0.25) is 0 Å². The summed E-state index contributed by atoms with van der Waals surface area (Å²) in [7, 11) is 0. The topological polar surface area (TPSA) is 0 Å². The summed E-state index contributed by atoms with van der Waals surface area (Å²) in [6.45, 7) is 8.07. The normalized spacial score (nSPS) is 11.9. The molecule has 0 heterocycles. The summed E-state index contributed by atoms with van der Waals surface area (Å²) in [5.74, 6) is 1.20. The molecule has 67 valence electrons. The zero-order chi connectivity index (χ0) is 9.23. The van der Waals surface area contributed by atoms with Gasteiger partial charge in [-0.25, -0.2) is 0 Å². The molecule has 0 aromatic carbocycles. The lowest BCUT2D eigenvalue weighted by Gasteiger charge is -1.96. The molecule has 0 unspecified atom stereocenters. The Morgan fingerprint density at radius 1 is 1.17 bits per heavy atom. The molecule has 0 bridgehead atoms. The maximum atomic E-state index is 3.75. The third-order valence-electron chi connectivity index (χ3n) is 1.55. The van der Waals surface area contributed by atoms with Gasteiger partial charge in [-0.1, -0.05) is 50.6 Å². The first kappa shape index (κ1) is 11.2. The molecule has 0 aliphatic heterocycles. The average molecular weight is 163 g/mol. The van der Waals surface area contributed by atoms with Gasteiger partial charge >= 0.3 is 0 Å². The second-order valence-electron chi connectivity index (χ2n) is 2.71. The fourth-order valence-electron chi connectivity index (χ4n) is 0.832. The quantitative estimate of drug-likeness (QED) is 0.553. The molecular weight excluding hydrogens is 144 g/mol. The van der Waals surface area contributed by atoms with Crippen molar-refractivity contribution in [3.8, 4) is 0 Å². The van der Waals surface area contributed by atoms with Gasteiger partial charge in [0.25, 0.3) is 0 Å². The summed E-state index contributed by atoms with van der Waals surface area (Å²) in [4.78, 5) is 0. The summed E-state index contributed by atoms with van der Waals surface area (Å²) in [6.07, 6.45) is 13.9. The van der Waals surface area contributed by atoms with E-state index in [1.807, 2.05) is 6.08 Å². The highest BCUT2D eigenvalue weighted by Crippen LogP contribution is 2.07. The standard InChI is InChI=1S/C12H19/c1-4-7-9-11-12(6-3)10-8-5-2/h6,8-11H,3-5,7H2,1-2H3. The highest BCUT2D eigenvalue weighted by molar-refractivity contribution is 5.31. The molecule has 0 atom stereocenters. The predicted octanol–water partition coefficient (Wildman–Crippen LogP) is 4.07. The summed E-state index contributed by atoms with van der Waals surface area (Å²) in [5.41, 5.74) is 0. The molecule has 0 aliphatic carbocycles. The van der Waals surface area contributed by atoms with Gasteiger partial charge in [-0.3, -0.25) is 0 Å². The van der Waals surface area contributed by atoms with Gasteiger partial charge in [0.1, 0.15) is 0 Å². The molecule has 0 nitrogen and oxygen atoms in total. The zero-order valence-corrected chi connectivity index (χ0v) is 8.22. The molecule has 0 saturated carbocycles. The van der Waals surface area contributed by atoms with Crippen LogP contribution in [0.25, 0.3) is 0 Å². The summed E-state index contributed by atoms with van der Waals surface area (Å²) >= 11 is 0. The van der Waals surface area contributed by atoms with Crippen molar-refractivity contribution in [3.05, 3.63) is 42.9 Å². The Balaban J connectivity index is 3.81. The minimum absolute atomic E-state index is 1.08. The van der Waals surface area contributed by atoms with Crippen molar-refractivity contribution in [1.82, 2.24) is 0 Å². The monoisotopic (exact) mass is 163 g/mol. The lowest BCUT2D eigenvalue weighted by Crippen LogP contribution is -1.80. The maximum Gasteiger partial charge on any atom is 0.0400 e. The van der Waals surface area contributed by atoms with Crippen LogP contribution >= 0.6 is 0 Å². The molecule has 0 spiro atoms. The van der Waals surface area contributed by atoms with E-state index in [2.05, 4.69) is 44.7 Å². The van der Waals surface area contributed by atoms with E-state index in [4.69, 9.17) is 0 Å².